The summed E-state index contributed by atoms with van der Waals surface area (Å²) in [4.78, 5) is 11.3. The van der Waals surface area contributed by atoms with E-state index in [0.29, 0.717) is 5.89 Å². The number of aromatic nitrogens is 3. The molecule has 1 aliphatic rings. The molecule has 4 rings (SSSR count). The molecule has 25 heavy (non-hydrogen) atoms. The van der Waals surface area contributed by atoms with Gasteiger partial charge in [-0.2, -0.15) is 4.98 Å². The first kappa shape index (κ1) is 17.8. The van der Waals surface area contributed by atoms with Crippen molar-refractivity contribution in [3.63, 3.8) is 0 Å². The van der Waals surface area contributed by atoms with Crippen LogP contribution in [-0.4, -0.2) is 46.7 Å². The smallest absolute Gasteiger partial charge is 0.227 e. The molecule has 0 spiro atoms. The highest BCUT2D eigenvalue weighted by molar-refractivity contribution is 5.85. The maximum atomic E-state index is 5.47. The number of benzene rings is 1. The molecular formula is C18H22ClN5O. The zero-order valence-corrected chi connectivity index (χ0v) is 15.0. The van der Waals surface area contributed by atoms with Crippen LogP contribution in [0.1, 0.15) is 23.3 Å². The lowest BCUT2D eigenvalue weighted by molar-refractivity contribution is 0.190. The van der Waals surface area contributed by atoms with E-state index in [1.807, 2.05) is 24.4 Å². The SMILES string of the molecule is CN1CCNCC1c1noc(CCc2ccnc3ccccc23)n1.Cl. The molecule has 0 aliphatic carbocycles. The van der Waals surface area contributed by atoms with Gasteiger partial charge in [0, 0.05) is 37.6 Å². The topological polar surface area (TPSA) is 67.1 Å². The van der Waals surface area contributed by atoms with Gasteiger partial charge >= 0.3 is 0 Å². The molecule has 0 saturated carbocycles. The van der Waals surface area contributed by atoms with Gasteiger partial charge in [0.05, 0.1) is 11.6 Å². The summed E-state index contributed by atoms with van der Waals surface area (Å²) in [5, 5.41) is 8.76. The van der Waals surface area contributed by atoms with Gasteiger partial charge in [0.2, 0.25) is 5.89 Å². The van der Waals surface area contributed by atoms with E-state index in [1.165, 1.54) is 10.9 Å². The average Bonchev–Trinajstić information content (AvgIpc) is 3.09. The van der Waals surface area contributed by atoms with Crippen LogP contribution in [0.15, 0.2) is 41.1 Å². The number of pyridine rings is 1. The number of aryl methyl sites for hydroxylation is 2. The summed E-state index contributed by atoms with van der Waals surface area (Å²) in [5.41, 5.74) is 2.29. The second kappa shape index (κ2) is 7.91. The molecule has 1 unspecified atom stereocenters. The Hall–Kier alpha value is -2.02. The van der Waals surface area contributed by atoms with Gasteiger partial charge in [-0.3, -0.25) is 9.88 Å². The second-order valence-corrected chi connectivity index (χ2v) is 6.23. The molecule has 6 nitrogen and oxygen atoms in total. The summed E-state index contributed by atoms with van der Waals surface area (Å²) >= 11 is 0. The molecule has 3 aromatic rings. The Bertz CT molecular complexity index is 832. The molecule has 1 N–H and O–H groups in total. The van der Waals surface area contributed by atoms with Crippen LogP contribution in [0.5, 0.6) is 0 Å². The van der Waals surface area contributed by atoms with Crippen molar-refractivity contribution in [1.29, 1.82) is 0 Å². The largest absolute Gasteiger partial charge is 0.339 e. The van der Waals surface area contributed by atoms with Crippen LogP contribution in [0.4, 0.5) is 0 Å². The molecular weight excluding hydrogens is 338 g/mol. The normalized spacial score (nSPS) is 18.2. The van der Waals surface area contributed by atoms with Crippen LogP contribution in [0.2, 0.25) is 0 Å². The standard InChI is InChI=1S/C18H21N5O.ClH/c1-23-11-10-19-12-16(23)18-21-17(24-22-18)7-6-13-8-9-20-15-5-3-2-4-14(13)15;/h2-5,8-9,16,19H,6-7,10-12H2,1H3;1H. The fourth-order valence-corrected chi connectivity index (χ4v) is 3.21. The van der Waals surface area contributed by atoms with E-state index in [2.05, 4.69) is 44.5 Å². The summed E-state index contributed by atoms with van der Waals surface area (Å²) in [6.07, 6.45) is 3.47. The maximum Gasteiger partial charge on any atom is 0.227 e. The van der Waals surface area contributed by atoms with Gasteiger partial charge in [-0.05, 0) is 31.2 Å². The Morgan fingerprint density at radius 2 is 2.12 bits per heavy atom. The van der Waals surface area contributed by atoms with E-state index in [0.717, 1.165) is 43.8 Å². The molecule has 3 heterocycles. The fraction of sp³-hybridized carbons (Fsp3) is 0.389. The molecule has 0 radical (unpaired) electrons. The number of para-hydroxylation sites is 1. The number of halogens is 1. The Morgan fingerprint density at radius 1 is 1.24 bits per heavy atom. The Morgan fingerprint density at radius 3 is 3.00 bits per heavy atom. The van der Waals surface area contributed by atoms with Gasteiger partial charge in [-0.1, -0.05) is 23.4 Å². The van der Waals surface area contributed by atoms with Crippen LogP contribution in [0, 0.1) is 0 Å². The quantitative estimate of drug-likeness (QED) is 0.771. The van der Waals surface area contributed by atoms with Crippen molar-refractivity contribution in [1.82, 2.24) is 25.3 Å². The van der Waals surface area contributed by atoms with Crippen molar-refractivity contribution in [2.24, 2.45) is 0 Å². The number of nitrogens with zero attached hydrogens (tertiary/aromatic N) is 4. The van der Waals surface area contributed by atoms with E-state index in [9.17, 15) is 0 Å². The first-order valence-electron chi connectivity index (χ1n) is 8.37. The van der Waals surface area contributed by atoms with Crippen LogP contribution in [-0.2, 0) is 12.8 Å². The first-order valence-corrected chi connectivity index (χ1v) is 8.37. The van der Waals surface area contributed by atoms with E-state index in [4.69, 9.17) is 4.52 Å². The van der Waals surface area contributed by atoms with E-state index < -0.39 is 0 Å². The third-order valence-electron chi connectivity index (χ3n) is 4.64. The summed E-state index contributed by atoms with van der Waals surface area (Å²) in [6, 6.07) is 10.5. The molecule has 1 saturated heterocycles. The summed E-state index contributed by atoms with van der Waals surface area (Å²) in [5.74, 6) is 1.48. The molecule has 7 heteroatoms. The first-order chi connectivity index (χ1) is 11.8. The zero-order valence-electron chi connectivity index (χ0n) is 14.2. The van der Waals surface area contributed by atoms with E-state index in [-0.39, 0.29) is 18.4 Å². The fourth-order valence-electron chi connectivity index (χ4n) is 3.21. The van der Waals surface area contributed by atoms with Crippen LogP contribution in [0.3, 0.4) is 0 Å². The molecule has 1 atom stereocenters. The van der Waals surface area contributed by atoms with Gasteiger partial charge in [0.25, 0.3) is 0 Å². The lowest BCUT2D eigenvalue weighted by atomic mass is 10.0. The molecule has 0 amide bonds. The minimum atomic E-state index is 0. The van der Waals surface area contributed by atoms with Gasteiger partial charge in [0.15, 0.2) is 5.82 Å². The number of rotatable bonds is 4. The van der Waals surface area contributed by atoms with Gasteiger partial charge in [-0.25, -0.2) is 0 Å². The van der Waals surface area contributed by atoms with Crippen LogP contribution < -0.4 is 5.32 Å². The summed E-state index contributed by atoms with van der Waals surface area (Å²) in [6.45, 7) is 2.87. The minimum absolute atomic E-state index is 0. The Kier molecular flexibility index (Phi) is 5.63. The second-order valence-electron chi connectivity index (χ2n) is 6.23. The lowest BCUT2D eigenvalue weighted by Crippen LogP contribution is -2.44. The van der Waals surface area contributed by atoms with Crippen molar-refractivity contribution in [2.45, 2.75) is 18.9 Å². The third-order valence-corrected chi connectivity index (χ3v) is 4.64. The molecule has 2 aromatic heterocycles. The molecule has 1 aromatic carbocycles. The molecule has 1 fully saturated rings. The van der Waals surface area contributed by atoms with Crippen molar-refractivity contribution in [3.8, 4) is 0 Å². The Balaban J connectivity index is 0.00000182. The Labute approximate surface area is 153 Å². The third kappa shape index (κ3) is 3.81. The molecule has 132 valence electrons. The predicted octanol–water partition coefficient (Wildman–Crippen LogP) is 2.40. The lowest BCUT2D eigenvalue weighted by Gasteiger charge is -2.30. The van der Waals surface area contributed by atoms with Crippen molar-refractivity contribution in [2.75, 3.05) is 26.7 Å². The highest BCUT2D eigenvalue weighted by Crippen LogP contribution is 2.20. The molecule has 1 aliphatic heterocycles. The van der Waals surface area contributed by atoms with Crippen molar-refractivity contribution >= 4 is 23.3 Å². The number of hydrogen-bond donors (Lipinski definition) is 1. The van der Waals surface area contributed by atoms with Gasteiger partial charge in [-0.15, -0.1) is 12.4 Å². The predicted molar refractivity (Wildman–Crippen MR) is 98.9 cm³/mol. The number of fused-ring (bicyclic) bond motifs is 1. The van der Waals surface area contributed by atoms with E-state index in [1.54, 1.807) is 0 Å². The highest BCUT2D eigenvalue weighted by atomic mass is 35.5. The number of piperazine rings is 1. The molecule has 0 bridgehead atoms. The number of nitrogens with one attached hydrogen (secondary N) is 1. The number of likely N-dealkylation sites (N-methyl/N-ethyl adjacent to an activating group) is 1. The van der Waals surface area contributed by atoms with Gasteiger partial charge < -0.3 is 9.84 Å². The van der Waals surface area contributed by atoms with Crippen molar-refractivity contribution < 1.29 is 4.52 Å². The summed E-state index contributed by atoms with van der Waals surface area (Å²) < 4.78 is 5.47. The highest BCUT2D eigenvalue weighted by Gasteiger charge is 2.25. The minimum Gasteiger partial charge on any atom is -0.339 e. The van der Waals surface area contributed by atoms with Crippen LogP contribution >= 0.6 is 12.4 Å². The average molecular weight is 360 g/mol. The zero-order chi connectivity index (χ0) is 16.4. The van der Waals surface area contributed by atoms with Crippen LogP contribution in [0.25, 0.3) is 10.9 Å². The monoisotopic (exact) mass is 359 g/mol. The maximum absolute atomic E-state index is 5.47. The number of hydrogen-bond acceptors (Lipinski definition) is 6. The van der Waals surface area contributed by atoms with Crippen molar-refractivity contribution in [3.05, 3.63) is 53.8 Å². The van der Waals surface area contributed by atoms with Gasteiger partial charge in [0.1, 0.15) is 0 Å². The summed E-state index contributed by atoms with van der Waals surface area (Å²) in [7, 11) is 2.10. The van der Waals surface area contributed by atoms with E-state index >= 15 is 0 Å².